The van der Waals surface area contributed by atoms with Crippen molar-refractivity contribution in [1.82, 2.24) is 19.9 Å². The smallest absolute Gasteiger partial charge is 0.0715 e. The molecular weight excluding hydrogens is 512 g/mol. The van der Waals surface area contributed by atoms with E-state index >= 15 is 0 Å². The van der Waals surface area contributed by atoms with Gasteiger partial charge in [-0.1, -0.05) is 84.9 Å². The molecule has 4 aromatic heterocycles. The summed E-state index contributed by atoms with van der Waals surface area (Å²) in [5.41, 5.74) is 12.3. The zero-order valence-corrected chi connectivity index (χ0v) is 22.8. The molecule has 0 aliphatic rings. The predicted octanol–water partition coefficient (Wildman–Crippen LogP) is 9.27. The Balaban J connectivity index is 1.81. The van der Waals surface area contributed by atoms with Crippen molar-refractivity contribution >= 4 is 0 Å². The van der Waals surface area contributed by atoms with Gasteiger partial charge in [-0.05, 0) is 47.5 Å². The number of pyridine rings is 4. The van der Waals surface area contributed by atoms with Gasteiger partial charge in [-0.25, -0.2) is 0 Å². The monoisotopic (exact) mass is 538 g/mol. The molecule has 0 spiro atoms. The normalized spacial score (nSPS) is 10.9. The molecule has 0 aliphatic heterocycles. The minimum atomic E-state index is 0.872. The maximum absolute atomic E-state index is 4.94. The van der Waals surface area contributed by atoms with Crippen LogP contribution in [0.4, 0.5) is 0 Å². The van der Waals surface area contributed by atoms with Crippen molar-refractivity contribution in [3.63, 3.8) is 0 Å². The zero-order valence-electron chi connectivity index (χ0n) is 22.8. The maximum Gasteiger partial charge on any atom is 0.0715 e. The van der Waals surface area contributed by atoms with E-state index in [1.807, 2.05) is 85.7 Å². The van der Waals surface area contributed by atoms with Crippen LogP contribution in [0.2, 0.25) is 0 Å². The highest BCUT2D eigenvalue weighted by atomic mass is 14.7. The fourth-order valence-corrected chi connectivity index (χ4v) is 5.67. The van der Waals surface area contributed by atoms with E-state index in [0.717, 1.165) is 67.0 Å². The third kappa shape index (κ3) is 4.65. The number of hydrogen-bond acceptors (Lipinski definition) is 4. The highest BCUT2D eigenvalue weighted by molar-refractivity contribution is 6.14. The van der Waals surface area contributed by atoms with Crippen LogP contribution in [0.3, 0.4) is 0 Å². The third-order valence-electron chi connectivity index (χ3n) is 7.37. The second kappa shape index (κ2) is 11.4. The van der Waals surface area contributed by atoms with Crippen molar-refractivity contribution in [3.05, 3.63) is 159 Å². The molecule has 198 valence electrons. The van der Waals surface area contributed by atoms with Crippen molar-refractivity contribution in [1.29, 1.82) is 0 Å². The average molecular weight is 539 g/mol. The number of hydrogen-bond donors (Lipinski definition) is 0. The SMILES string of the molecule is c1ccc(-c2c(-c3cccnc3)c(-c3cccnc3)c(-c3ccccc3)c(-c3ccccn3)c2-c2ccccn2)cc1. The van der Waals surface area contributed by atoms with Gasteiger partial charge in [0.2, 0.25) is 0 Å². The van der Waals surface area contributed by atoms with Gasteiger partial charge in [-0.15, -0.1) is 0 Å². The Hall–Kier alpha value is -5.74. The Morgan fingerprint density at radius 1 is 0.286 bits per heavy atom. The lowest BCUT2D eigenvalue weighted by Crippen LogP contribution is -2.03. The Morgan fingerprint density at radius 3 is 1.02 bits per heavy atom. The van der Waals surface area contributed by atoms with Gasteiger partial charge in [0.1, 0.15) is 0 Å². The molecule has 4 heteroatoms. The molecule has 0 bridgehead atoms. The van der Waals surface area contributed by atoms with Crippen LogP contribution >= 0.6 is 0 Å². The quantitative estimate of drug-likeness (QED) is 0.212. The lowest BCUT2D eigenvalue weighted by atomic mass is 9.76. The average Bonchev–Trinajstić information content (AvgIpc) is 3.09. The minimum absolute atomic E-state index is 0.872. The molecule has 0 saturated heterocycles. The second-order valence-electron chi connectivity index (χ2n) is 9.90. The number of benzene rings is 3. The first-order valence-corrected chi connectivity index (χ1v) is 13.9. The van der Waals surface area contributed by atoms with Gasteiger partial charge >= 0.3 is 0 Å². The predicted molar refractivity (Wildman–Crippen MR) is 170 cm³/mol. The lowest BCUT2D eigenvalue weighted by Gasteiger charge is -2.27. The van der Waals surface area contributed by atoms with Crippen LogP contribution in [-0.2, 0) is 0 Å². The van der Waals surface area contributed by atoms with E-state index in [2.05, 4.69) is 82.8 Å². The molecule has 0 aliphatic carbocycles. The van der Waals surface area contributed by atoms with Gasteiger partial charge in [0.25, 0.3) is 0 Å². The first-order valence-electron chi connectivity index (χ1n) is 13.9. The number of aromatic nitrogens is 4. The molecule has 0 saturated carbocycles. The zero-order chi connectivity index (χ0) is 28.1. The summed E-state index contributed by atoms with van der Waals surface area (Å²) in [6.07, 6.45) is 11.2. The highest BCUT2D eigenvalue weighted by Crippen LogP contribution is 2.54. The van der Waals surface area contributed by atoms with E-state index in [9.17, 15) is 0 Å². The van der Waals surface area contributed by atoms with Crippen molar-refractivity contribution in [2.24, 2.45) is 0 Å². The summed E-state index contributed by atoms with van der Waals surface area (Å²) in [4.78, 5) is 19.0. The first-order chi connectivity index (χ1) is 20.9. The van der Waals surface area contributed by atoms with E-state index in [-0.39, 0.29) is 0 Å². The van der Waals surface area contributed by atoms with Gasteiger partial charge in [-0.3, -0.25) is 19.9 Å². The molecule has 0 unspecified atom stereocenters. The number of nitrogens with zero attached hydrogens (tertiary/aromatic N) is 4. The van der Waals surface area contributed by atoms with E-state index in [0.29, 0.717) is 0 Å². The largest absolute Gasteiger partial charge is 0.264 e. The van der Waals surface area contributed by atoms with Crippen LogP contribution in [-0.4, -0.2) is 19.9 Å². The molecule has 0 fully saturated rings. The summed E-state index contributed by atoms with van der Waals surface area (Å²) in [5, 5.41) is 0. The van der Waals surface area contributed by atoms with Crippen molar-refractivity contribution in [2.45, 2.75) is 0 Å². The van der Waals surface area contributed by atoms with Crippen molar-refractivity contribution < 1.29 is 0 Å². The van der Waals surface area contributed by atoms with Gasteiger partial charge in [0, 0.05) is 81.7 Å². The molecule has 0 amide bonds. The van der Waals surface area contributed by atoms with Crippen LogP contribution < -0.4 is 0 Å². The molecular formula is C38H26N4. The Morgan fingerprint density at radius 2 is 0.667 bits per heavy atom. The molecule has 0 radical (unpaired) electrons. The topological polar surface area (TPSA) is 51.6 Å². The fourth-order valence-electron chi connectivity index (χ4n) is 5.67. The maximum atomic E-state index is 4.94. The van der Waals surface area contributed by atoms with E-state index in [1.165, 1.54) is 0 Å². The van der Waals surface area contributed by atoms with Gasteiger partial charge < -0.3 is 0 Å². The molecule has 7 rings (SSSR count). The third-order valence-corrected chi connectivity index (χ3v) is 7.37. The van der Waals surface area contributed by atoms with Crippen LogP contribution in [0.5, 0.6) is 0 Å². The summed E-state index contributed by atoms with van der Waals surface area (Å²) >= 11 is 0. The number of rotatable bonds is 6. The molecule has 3 aromatic carbocycles. The Labute approximate surface area is 245 Å². The van der Waals surface area contributed by atoms with Gasteiger partial charge in [-0.2, -0.15) is 0 Å². The standard InChI is InChI=1S/C38H26N4/c1-3-13-27(14-4-1)33-35(29-17-11-21-39-25-29)36(30-18-12-22-40-26-30)34(28-15-5-2-6-16-28)38(32-20-8-10-24-42-32)37(33)31-19-7-9-23-41-31/h1-26H. The lowest BCUT2D eigenvalue weighted by molar-refractivity contribution is 1.29. The van der Waals surface area contributed by atoms with E-state index in [4.69, 9.17) is 9.97 Å². The van der Waals surface area contributed by atoms with E-state index < -0.39 is 0 Å². The van der Waals surface area contributed by atoms with Gasteiger partial charge in [0.05, 0.1) is 11.4 Å². The Kier molecular flexibility index (Phi) is 6.85. The molecule has 7 aromatic rings. The summed E-state index contributed by atoms with van der Waals surface area (Å²) in [7, 11) is 0. The minimum Gasteiger partial charge on any atom is -0.264 e. The molecule has 0 atom stereocenters. The summed E-state index contributed by atoms with van der Waals surface area (Å²) < 4.78 is 0. The van der Waals surface area contributed by atoms with E-state index in [1.54, 1.807) is 0 Å². The molecule has 4 nitrogen and oxygen atoms in total. The van der Waals surface area contributed by atoms with Crippen LogP contribution in [0.1, 0.15) is 0 Å². The van der Waals surface area contributed by atoms with Crippen molar-refractivity contribution in [2.75, 3.05) is 0 Å². The molecule has 42 heavy (non-hydrogen) atoms. The second-order valence-corrected chi connectivity index (χ2v) is 9.90. The summed E-state index contributed by atoms with van der Waals surface area (Å²) in [6, 6.07) is 41.5. The molecule has 4 heterocycles. The summed E-state index contributed by atoms with van der Waals surface area (Å²) in [5.74, 6) is 0. The fraction of sp³-hybridized carbons (Fsp3) is 0. The first kappa shape index (κ1) is 25.2. The van der Waals surface area contributed by atoms with Gasteiger partial charge in [0.15, 0.2) is 0 Å². The van der Waals surface area contributed by atoms with Crippen LogP contribution in [0.25, 0.3) is 67.0 Å². The molecule has 0 N–H and O–H groups in total. The van der Waals surface area contributed by atoms with Crippen LogP contribution in [0.15, 0.2) is 159 Å². The summed E-state index contributed by atoms with van der Waals surface area (Å²) in [6.45, 7) is 0. The van der Waals surface area contributed by atoms with Crippen LogP contribution in [0, 0.1) is 0 Å². The highest BCUT2D eigenvalue weighted by Gasteiger charge is 2.29. The Bertz CT molecular complexity index is 1530. The van der Waals surface area contributed by atoms with Crippen molar-refractivity contribution in [3.8, 4) is 67.0 Å².